The molecular weight excluding hydrogens is 264 g/mol. The number of hydrogen-bond donors (Lipinski definition) is 1. The summed E-state index contributed by atoms with van der Waals surface area (Å²) in [5, 5.41) is 6.01. The smallest absolute Gasteiger partial charge is 0.266 e. The van der Waals surface area contributed by atoms with E-state index >= 15 is 0 Å². The second-order valence-corrected chi connectivity index (χ2v) is 5.85. The van der Waals surface area contributed by atoms with Gasteiger partial charge in [0.15, 0.2) is 0 Å². The van der Waals surface area contributed by atoms with Crippen molar-refractivity contribution in [3.8, 4) is 0 Å². The summed E-state index contributed by atoms with van der Waals surface area (Å²) in [6, 6.07) is 7.77. The van der Waals surface area contributed by atoms with Crippen LogP contribution in [0, 0.1) is 0 Å². The number of amides is 1. The average molecular weight is 278 g/mol. The molecule has 0 radical (unpaired) electrons. The lowest BCUT2D eigenvalue weighted by Gasteiger charge is -1.98. The van der Waals surface area contributed by atoms with E-state index in [0.717, 1.165) is 17.0 Å². The van der Waals surface area contributed by atoms with Gasteiger partial charge in [-0.2, -0.15) is 5.10 Å². The van der Waals surface area contributed by atoms with Crippen LogP contribution in [0.1, 0.15) is 33.3 Å². The average Bonchev–Trinajstić information content (AvgIpc) is 3.05. The van der Waals surface area contributed by atoms with Crippen LogP contribution in [0.3, 0.4) is 0 Å². The van der Waals surface area contributed by atoms with E-state index in [1.807, 2.05) is 24.4 Å². The van der Waals surface area contributed by atoms with Gasteiger partial charge in [0.05, 0.1) is 15.5 Å². The molecule has 94 valence electrons. The molecule has 0 spiro atoms. The molecule has 0 atom stereocenters. The molecule has 0 aromatic carbocycles. The minimum Gasteiger partial charge on any atom is -0.266 e. The Balaban J connectivity index is 2.03. The molecule has 3 nitrogen and oxygen atoms in total. The van der Waals surface area contributed by atoms with Gasteiger partial charge in [0.2, 0.25) is 0 Å². The maximum atomic E-state index is 11.7. The van der Waals surface area contributed by atoms with Gasteiger partial charge in [0.25, 0.3) is 5.91 Å². The first-order chi connectivity index (χ1) is 8.70. The van der Waals surface area contributed by atoms with Crippen LogP contribution in [-0.2, 0) is 6.42 Å². The van der Waals surface area contributed by atoms with Gasteiger partial charge in [-0.1, -0.05) is 13.0 Å². The molecule has 2 aromatic rings. The molecule has 0 aliphatic heterocycles. The number of thiophene rings is 2. The zero-order valence-electron chi connectivity index (χ0n) is 10.3. The fourth-order valence-corrected chi connectivity index (χ4v) is 2.92. The molecule has 0 fully saturated rings. The summed E-state index contributed by atoms with van der Waals surface area (Å²) in [6.07, 6.45) is 1.03. The number of nitrogens with zero attached hydrogens (tertiary/aromatic N) is 1. The molecule has 0 aliphatic carbocycles. The van der Waals surface area contributed by atoms with E-state index in [0.29, 0.717) is 4.88 Å². The van der Waals surface area contributed by atoms with Gasteiger partial charge in [-0.05, 0) is 36.9 Å². The second-order valence-electron chi connectivity index (χ2n) is 3.73. The van der Waals surface area contributed by atoms with Crippen molar-refractivity contribution in [3.63, 3.8) is 0 Å². The zero-order valence-corrected chi connectivity index (χ0v) is 11.9. The lowest BCUT2D eigenvalue weighted by molar-refractivity contribution is 0.0959. The molecule has 0 bridgehead atoms. The van der Waals surface area contributed by atoms with Crippen LogP contribution >= 0.6 is 22.7 Å². The molecule has 0 unspecified atom stereocenters. The van der Waals surface area contributed by atoms with Crippen molar-refractivity contribution in [2.45, 2.75) is 20.3 Å². The van der Waals surface area contributed by atoms with Crippen molar-refractivity contribution in [2.24, 2.45) is 5.10 Å². The molecular formula is C13H14N2OS2. The van der Waals surface area contributed by atoms with Crippen molar-refractivity contribution in [1.82, 2.24) is 5.43 Å². The van der Waals surface area contributed by atoms with Crippen LogP contribution in [0.2, 0.25) is 0 Å². The predicted molar refractivity (Wildman–Crippen MR) is 77.7 cm³/mol. The van der Waals surface area contributed by atoms with Crippen molar-refractivity contribution >= 4 is 34.3 Å². The maximum absolute atomic E-state index is 11.7. The van der Waals surface area contributed by atoms with Gasteiger partial charge >= 0.3 is 0 Å². The fourth-order valence-electron chi connectivity index (χ4n) is 1.41. The number of hydrogen-bond acceptors (Lipinski definition) is 4. The quantitative estimate of drug-likeness (QED) is 0.674. The van der Waals surface area contributed by atoms with E-state index in [-0.39, 0.29) is 5.91 Å². The normalized spacial score (nSPS) is 11.6. The highest BCUT2D eigenvalue weighted by Gasteiger charge is 2.06. The highest BCUT2D eigenvalue weighted by atomic mass is 32.1. The predicted octanol–water partition coefficient (Wildman–Crippen LogP) is 3.53. The summed E-state index contributed by atoms with van der Waals surface area (Å²) >= 11 is 3.12. The van der Waals surface area contributed by atoms with Gasteiger partial charge in [0, 0.05) is 4.88 Å². The van der Waals surface area contributed by atoms with Crippen LogP contribution in [0.15, 0.2) is 34.7 Å². The van der Waals surface area contributed by atoms with Gasteiger partial charge < -0.3 is 0 Å². The molecule has 2 heterocycles. The monoisotopic (exact) mass is 278 g/mol. The van der Waals surface area contributed by atoms with Crippen LogP contribution in [-0.4, -0.2) is 11.6 Å². The third-order valence-electron chi connectivity index (χ3n) is 2.44. The van der Waals surface area contributed by atoms with Crippen molar-refractivity contribution in [1.29, 1.82) is 0 Å². The van der Waals surface area contributed by atoms with E-state index in [1.165, 1.54) is 16.2 Å². The number of carbonyl (C=O) groups excluding carboxylic acids is 1. The molecule has 0 aliphatic rings. The second kappa shape index (κ2) is 5.93. The minimum absolute atomic E-state index is 0.156. The zero-order chi connectivity index (χ0) is 13.0. The van der Waals surface area contributed by atoms with Crippen molar-refractivity contribution < 1.29 is 4.79 Å². The molecule has 2 rings (SSSR count). The van der Waals surface area contributed by atoms with Crippen molar-refractivity contribution in [3.05, 3.63) is 44.3 Å². The topological polar surface area (TPSA) is 41.5 Å². The molecule has 18 heavy (non-hydrogen) atoms. The van der Waals surface area contributed by atoms with Gasteiger partial charge in [-0.3, -0.25) is 4.79 Å². The first-order valence-electron chi connectivity index (χ1n) is 5.68. The van der Waals surface area contributed by atoms with Gasteiger partial charge in [-0.25, -0.2) is 5.43 Å². The van der Waals surface area contributed by atoms with E-state index in [4.69, 9.17) is 0 Å². The summed E-state index contributed by atoms with van der Waals surface area (Å²) in [4.78, 5) is 14.8. The van der Waals surface area contributed by atoms with Crippen molar-refractivity contribution in [2.75, 3.05) is 0 Å². The van der Waals surface area contributed by atoms with E-state index in [9.17, 15) is 4.79 Å². The van der Waals surface area contributed by atoms with Crippen LogP contribution in [0.4, 0.5) is 0 Å². The summed E-state index contributed by atoms with van der Waals surface area (Å²) in [5.74, 6) is -0.156. The fraction of sp³-hybridized carbons (Fsp3) is 0.231. The van der Waals surface area contributed by atoms with Gasteiger partial charge in [-0.15, -0.1) is 22.7 Å². The Morgan fingerprint density at radius 3 is 2.78 bits per heavy atom. The van der Waals surface area contributed by atoms with E-state index in [2.05, 4.69) is 23.5 Å². The number of carbonyl (C=O) groups is 1. The Morgan fingerprint density at radius 2 is 2.17 bits per heavy atom. The standard InChI is InChI=1S/C13H14N2OS2/c1-3-10-6-7-11(18-10)9(2)14-15-13(16)12-5-4-8-17-12/h4-8H,3H2,1-2H3,(H,15,16)/b14-9+. The Hall–Kier alpha value is -1.46. The molecule has 5 heteroatoms. The van der Waals surface area contributed by atoms with E-state index < -0.39 is 0 Å². The highest BCUT2D eigenvalue weighted by molar-refractivity contribution is 7.14. The Kier molecular flexibility index (Phi) is 4.28. The van der Waals surface area contributed by atoms with Crippen LogP contribution < -0.4 is 5.43 Å². The number of hydrazone groups is 1. The Bertz CT molecular complexity index is 555. The Morgan fingerprint density at radius 1 is 1.33 bits per heavy atom. The molecule has 1 amide bonds. The summed E-state index contributed by atoms with van der Waals surface area (Å²) in [5.41, 5.74) is 3.41. The largest absolute Gasteiger partial charge is 0.281 e. The SMILES string of the molecule is CCc1ccc(/C(C)=N/NC(=O)c2cccs2)s1. The summed E-state index contributed by atoms with van der Waals surface area (Å²) in [6.45, 7) is 4.03. The first kappa shape index (κ1) is 13.0. The summed E-state index contributed by atoms with van der Waals surface area (Å²) < 4.78 is 0. The third-order valence-corrected chi connectivity index (χ3v) is 4.64. The molecule has 0 saturated carbocycles. The molecule has 2 aromatic heterocycles. The van der Waals surface area contributed by atoms with Crippen LogP contribution in [0.25, 0.3) is 0 Å². The maximum Gasteiger partial charge on any atom is 0.281 e. The number of nitrogens with one attached hydrogen (secondary N) is 1. The lowest BCUT2D eigenvalue weighted by Crippen LogP contribution is -2.17. The molecule has 0 saturated heterocycles. The molecule has 1 N–H and O–H groups in total. The first-order valence-corrected chi connectivity index (χ1v) is 7.37. The number of rotatable bonds is 4. The minimum atomic E-state index is -0.156. The number of aryl methyl sites for hydroxylation is 1. The highest BCUT2D eigenvalue weighted by Crippen LogP contribution is 2.17. The lowest BCUT2D eigenvalue weighted by atomic mass is 10.3. The Labute approximate surface area is 114 Å². The van der Waals surface area contributed by atoms with Crippen LogP contribution in [0.5, 0.6) is 0 Å². The third kappa shape index (κ3) is 3.05. The van der Waals surface area contributed by atoms with Gasteiger partial charge in [0.1, 0.15) is 0 Å². The summed E-state index contributed by atoms with van der Waals surface area (Å²) in [7, 11) is 0. The van der Waals surface area contributed by atoms with E-state index in [1.54, 1.807) is 17.4 Å².